The van der Waals surface area contributed by atoms with Crippen molar-refractivity contribution in [3.05, 3.63) is 59.7 Å². The topological polar surface area (TPSA) is 54.0 Å². The van der Waals surface area contributed by atoms with Crippen molar-refractivity contribution in [1.29, 1.82) is 0 Å². The predicted molar refractivity (Wildman–Crippen MR) is 120 cm³/mol. The molecule has 30 heavy (non-hydrogen) atoms. The fourth-order valence-corrected chi connectivity index (χ4v) is 3.59. The maximum absolute atomic E-state index is 12.7. The van der Waals surface area contributed by atoms with Gasteiger partial charge in [0, 0.05) is 45.0 Å². The second kappa shape index (κ2) is 10.5. The van der Waals surface area contributed by atoms with Crippen LogP contribution in [0.25, 0.3) is 0 Å². The van der Waals surface area contributed by atoms with Crippen molar-refractivity contribution < 1.29 is 14.3 Å². The molecule has 1 heterocycles. The third-order valence-corrected chi connectivity index (χ3v) is 5.22. The molecule has 0 aromatic heterocycles. The highest BCUT2D eigenvalue weighted by Crippen LogP contribution is 2.24. The van der Waals surface area contributed by atoms with Crippen LogP contribution >= 0.6 is 0 Å². The fourth-order valence-electron chi connectivity index (χ4n) is 3.59. The molecule has 2 aromatic carbocycles. The molecule has 6 nitrogen and oxygen atoms in total. The number of nitrogens with one attached hydrogen (secondary N) is 1. The summed E-state index contributed by atoms with van der Waals surface area (Å²) in [4.78, 5) is 17.2. The normalized spacial score (nSPS) is 15.6. The van der Waals surface area contributed by atoms with Crippen molar-refractivity contribution in [2.45, 2.75) is 26.0 Å². The number of hydrogen-bond acceptors (Lipinski definition) is 5. The van der Waals surface area contributed by atoms with E-state index >= 15 is 0 Å². The first-order valence-corrected chi connectivity index (χ1v) is 10.6. The molecule has 0 saturated carbocycles. The van der Waals surface area contributed by atoms with Gasteiger partial charge >= 0.3 is 0 Å². The van der Waals surface area contributed by atoms with Crippen LogP contribution in [0, 0.1) is 0 Å². The molecule has 1 N–H and O–H groups in total. The lowest BCUT2D eigenvalue weighted by Crippen LogP contribution is -2.43. The first-order valence-electron chi connectivity index (χ1n) is 10.6. The molecule has 162 valence electrons. The van der Waals surface area contributed by atoms with Gasteiger partial charge in [-0.25, -0.2) is 0 Å². The Balaban J connectivity index is 1.69. The van der Waals surface area contributed by atoms with E-state index in [1.807, 2.05) is 52.2 Å². The van der Waals surface area contributed by atoms with Crippen LogP contribution in [0.5, 0.6) is 5.75 Å². The van der Waals surface area contributed by atoms with Gasteiger partial charge in [0.2, 0.25) is 0 Å². The Bertz CT molecular complexity index is 797. The second-order valence-electron chi connectivity index (χ2n) is 8.05. The van der Waals surface area contributed by atoms with Crippen LogP contribution in [-0.4, -0.2) is 63.9 Å². The van der Waals surface area contributed by atoms with Crippen molar-refractivity contribution in [1.82, 2.24) is 10.2 Å². The Morgan fingerprint density at radius 3 is 2.27 bits per heavy atom. The number of morpholine rings is 1. The van der Waals surface area contributed by atoms with Crippen molar-refractivity contribution >= 4 is 11.6 Å². The van der Waals surface area contributed by atoms with Crippen LogP contribution < -0.4 is 15.0 Å². The van der Waals surface area contributed by atoms with E-state index in [-0.39, 0.29) is 18.1 Å². The summed E-state index contributed by atoms with van der Waals surface area (Å²) in [6, 6.07) is 16.0. The molecule has 1 amide bonds. The minimum atomic E-state index is -0.0748. The van der Waals surface area contributed by atoms with E-state index in [4.69, 9.17) is 9.47 Å². The number of amides is 1. The number of carbonyl (C=O) groups is 1. The lowest BCUT2D eigenvalue weighted by Gasteiger charge is -2.35. The molecule has 0 unspecified atom stereocenters. The number of anilines is 1. The summed E-state index contributed by atoms with van der Waals surface area (Å²) in [5, 5.41) is 3.12. The quantitative estimate of drug-likeness (QED) is 0.722. The Morgan fingerprint density at radius 2 is 1.70 bits per heavy atom. The molecule has 1 aliphatic rings. The highest BCUT2D eigenvalue weighted by molar-refractivity contribution is 5.94. The van der Waals surface area contributed by atoms with Gasteiger partial charge in [-0.2, -0.15) is 0 Å². The van der Waals surface area contributed by atoms with E-state index in [9.17, 15) is 4.79 Å². The molecule has 1 fully saturated rings. The zero-order valence-electron chi connectivity index (χ0n) is 18.4. The average molecular weight is 412 g/mol. The molecule has 2 aromatic rings. The van der Waals surface area contributed by atoms with Crippen LogP contribution in [0.15, 0.2) is 48.5 Å². The molecule has 6 heteroatoms. The van der Waals surface area contributed by atoms with Gasteiger partial charge in [-0.05, 0) is 55.8 Å². The zero-order chi connectivity index (χ0) is 21.5. The number of nitrogens with zero attached hydrogens (tertiary/aromatic N) is 2. The molecule has 0 spiro atoms. The molecular formula is C24H33N3O3. The number of rotatable bonds is 8. The molecule has 1 atom stereocenters. The average Bonchev–Trinajstić information content (AvgIpc) is 2.75. The second-order valence-corrected chi connectivity index (χ2v) is 8.05. The number of ether oxygens (including phenoxy) is 2. The summed E-state index contributed by atoms with van der Waals surface area (Å²) in [7, 11) is 4.07. The van der Waals surface area contributed by atoms with E-state index in [1.165, 1.54) is 5.56 Å². The molecule has 0 bridgehead atoms. The molecule has 0 radical (unpaired) electrons. The van der Waals surface area contributed by atoms with Gasteiger partial charge in [-0.1, -0.05) is 12.1 Å². The fraction of sp³-hybridized carbons (Fsp3) is 0.458. The third kappa shape index (κ3) is 5.97. The van der Waals surface area contributed by atoms with Gasteiger partial charge in [0.1, 0.15) is 5.75 Å². The summed E-state index contributed by atoms with van der Waals surface area (Å²) in [6.07, 6.45) is 0.109. The third-order valence-electron chi connectivity index (χ3n) is 5.22. The first kappa shape index (κ1) is 22.1. The van der Waals surface area contributed by atoms with Gasteiger partial charge < -0.3 is 19.7 Å². The van der Waals surface area contributed by atoms with E-state index in [0.29, 0.717) is 12.1 Å². The summed E-state index contributed by atoms with van der Waals surface area (Å²) in [5.74, 6) is 0.697. The first-order chi connectivity index (χ1) is 14.4. The Morgan fingerprint density at radius 1 is 1.07 bits per heavy atom. The Labute approximate surface area is 179 Å². The van der Waals surface area contributed by atoms with E-state index < -0.39 is 0 Å². The van der Waals surface area contributed by atoms with Crippen LogP contribution in [0.1, 0.15) is 35.8 Å². The lowest BCUT2D eigenvalue weighted by atomic mass is 10.0. The van der Waals surface area contributed by atoms with Gasteiger partial charge in [0.25, 0.3) is 5.91 Å². The van der Waals surface area contributed by atoms with E-state index in [1.54, 1.807) is 0 Å². The van der Waals surface area contributed by atoms with Gasteiger partial charge in [0.15, 0.2) is 0 Å². The largest absolute Gasteiger partial charge is 0.491 e. The van der Waals surface area contributed by atoms with Crippen molar-refractivity contribution in [2.75, 3.05) is 51.8 Å². The highest BCUT2D eigenvalue weighted by atomic mass is 16.5. The Hall–Kier alpha value is -2.57. The molecule has 3 rings (SSSR count). The van der Waals surface area contributed by atoms with Gasteiger partial charge in [0.05, 0.1) is 25.4 Å². The summed E-state index contributed by atoms with van der Waals surface area (Å²) < 4.78 is 11.2. The van der Waals surface area contributed by atoms with Gasteiger partial charge in [-0.15, -0.1) is 0 Å². The Kier molecular flexibility index (Phi) is 7.71. The monoisotopic (exact) mass is 411 g/mol. The summed E-state index contributed by atoms with van der Waals surface area (Å²) >= 11 is 0. The van der Waals surface area contributed by atoms with Gasteiger partial charge in [-0.3, -0.25) is 9.69 Å². The summed E-state index contributed by atoms with van der Waals surface area (Å²) in [5.41, 5.74) is 2.99. The van der Waals surface area contributed by atoms with Crippen molar-refractivity contribution in [2.24, 2.45) is 0 Å². The van der Waals surface area contributed by atoms with Crippen molar-refractivity contribution in [3.63, 3.8) is 0 Å². The maximum atomic E-state index is 12.7. The predicted octanol–water partition coefficient (Wildman–Crippen LogP) is 3.34. The van der Waals surface area contributed by atoms with Crippen LogP contribution in [0.3, 0.4) is 0 Å². The lowest BCUT2D eigenvalue weighted by molar-refractivity contribution is 0.0162. The summed E-state index contributed by atoms with van der Waals surface area (Å²) in [6.45, 7) is 7.67. The SMILES string of the molecule is CC(C)Oc1ccc(C(=O)NC[C@@H](c2ccc(N(C)C)cc2)N2CCOCC2)cc1. The minimum Gasteiger partial charge on any atom is -0.491 e. The van der Waals surface area contributed by atoms with Crippen LogP contribution in [0.2, 0.25) is 0 Å². The van der Waals surface area contributed by atoms with E-state index in [0.717, 1.165) is 37.7 Å². The number of benzene rings is 2. The van der Waals surface area contributed by atoms with Crippen LogP contribution in [0.4, 0.5) is 5.69 Å². The number of hydrogen-bond donors (Lipinski definition) is 1. The van der Waals surface area contributed by atoms with Crippen molar-refractivity contribution in [3.8, 4) is 5.75 Å². The molecular weight excluding hydrogens is 378 g/mol. The van der Waals surface area contributed by atoms with E-state index in [2.05, 4.69) is 39.4 Å². The minimum absolute atomic E-state index is 0.0748. The zero-order valence-corrected chi connectivity index (χ0v) is 18.4. The van der Waals surface area contributed by atoms with Crippen LogP contribution in [-0.2, 0) is 4.74 Å². The molecule has 1 saturated heterocycles. The molecule has 1 aliphatic heterocycles. The molecule has 0 aliphatic carbocycles. The number of carbonyl (C=O) groups excluding carboxylic acids is 1. The maximum Gasteiger partial charge on any atom is 0.251 e. The standard InChI is InChI=1S/C24H33N3O3/c1-18(2)30-22-11-7-20(8-12-22)24(28)25-17-23(27-13-15-29-16-14-27)19-5-9-21(10-6-19)26(3)4/h5-12,18,23H,13-17H2,1-4H3,(H,25,28)/t23-/m0/s1. The highest BCUT2D eigenvalue weighted by Gasteiger charge is 2.23. The smallest absolute Gasteiger partial charge is 0.251 e.